The second-order valence-corrected chi connectivity index (χ2v) is 6.56. The molecule has 1 heterocycles. The Morgan fingerprint density at radius 3 is 2.50 bits per heavy atom. The van der Waals surface area contributed by atoms with Crippen LogP contribution in [0.2, 0.25) is 0 Å². The first kappa shape index (κ1) is 14.7. The van der Waals surface area contributed by atoms with Crippen LogP contribution in [-0.2, 0) is 10.0 Å². The summed E-state index contributed by atoms with van der Waals surface area (Å²) in [6.45, 7) is 3.06. The molecule has 9 heteroatoms. The van der Waals surface area contributed by atoms with Crippen LogP contribution in [0.4, 0.5) is 11.4 Å². The third kappa shape index (κ3) is 2.74. The van der Waals surface area contributed by atoms with Gasteiger partial charge in [0.1, 0.15) is 5.69 Å². The molecule has 4 N–H and O–H groups in total. The lowest BCUT2D eigenvalue weighted by Gasteiger charge is -2.18. The number of benzene rings is 1. The molecular weight excluding hydrogens is 284 g/mol. The summed E-state index contributed by atoms with van der Waals surface area (Å²) in [6, 6.07) is 3.60. The summed E-state index contributed by atoms with van der Waals surface area (Å²) in [7, 11) is -3.97. The molecule has 2 atom stereocenters. The number of rotatable bonds is 3. The average molecular weight is 300 g/mol. The second-order valence-electron chi connectivity index (χ2n) is 5.00. The molecule has 1 fully saturated rings. The lowest BCUT2D eigenvalue weighted by atomic mass is 10.1. The number of hydrogen-bond acceptors (Lipinski definition) is 6. The molecule has 0 radical (unpaired) electrons. The van der Waals surface area contributed by atoms with Gasteiger partial charge in [0.25, 0.3) is 5.69 Å². The van der Waals surface area contributed by atoms with Crippen molar-refractivity contribution in [2.45, 2.75) is 17.9 Å². The Balaban J connectivity index is 2.47. The monoisotopic (exact) mass is 300 g/mol. The molecule has 110 valence electrons. The zero-order chi connectivity index (χ0) is 15.1. The third-order valence-corrected chi connectivity index (χ3v) is 4.39. The Hall–Kier alpha value is -1.71. The highest BCUT2D eigenvalue weighted by Gasteiger charge is 2.31. The highest BCUT2D eigenvalue weighted by Crippen LogP contribution is 2.33. The number of sulfonamides is 1. The van der Waals surface area contributed by atoms with Crippen molar-refractivity contribution in [1.29, 1.82) is 0 Å². The summed E-state index contributed by atoms with van der Waals surface area (Å²) in [5, 5.41) is 16.1. The fourth-order valence-electron chi connectivity index (χ4n) is 2.28. The number of nitro groups is 1. The summed E-state index contributed by atoms with van der Waals surface area (Å²) < 4.78 is 22.5. The molecule has 0 aromatic heterocycles. The van der Waals surface area contributed by atoms with E-state index < -0.39 is 14.9 Å². The Bertz CT molecular complexity index is 636. The summed E-state index contributed by atoms with van der Waals surface area (Å²) in [4.78, 5) is 12.0. The van der Waals surface area contributed by atoms with Crippen LogP contribution in [0.5, 0.6) is 0 Å². The van der Waals surface area contributed by atoms with Crippen molar-refractivity contribution in [2.24, 2.45) is 16.8 Å². The van der Waals surface area contributed by atoms with Gasteiger partial charge in [0.05, 0.1) is 9.82 Å². The molecule has 0 amide bonds. The molecular formula is C11H16N4O4S. The smallest absolute Gasteiger partial charge is 0.293 e. The topological polar surface area (TPSA) is 133 Å². The van der Waals surface area contributed by atoms with Gasteiger partial charge in [-0.1, -0.05) is 6.92 Å². The number of nitro benzene ring substituents is 1. The lowest BCUT2D eigenvalue weighted by Crippen LogP contribution is -2.28. The maximum absolute atomic E-state index is 11.3. The van der Waals surface area contributed by atoms with Crippen LogP contribution in [-0.4, -0.2) is 32.5 Å². The van der Waals surface area contributed by atoms with Crippen molar-refractivity contribution < 1.29 is 13.3 Å². The first-order chi connectivity index (χ1) is 9.20. The minimum Gasteiger partial charge on any atom is -0.364 e. The number of hydrogen-bond donors (Lipinski definition) is 2. The molecule has 0 aliphatic carbocycles. The van der Waals surface area contributed by atoms with E-state index in [0.29, 0.717) is 18.8 Å². The zero-order valence-corrected chi connectivity index (χ0v) is 11.7. The van der Waals surface area contributed by atoms with E-state index in [1.54, 1.807) is 4.90 Å². The van der Waals surface area contributed by atoms with E-state index in [9.17, 15) is 18.5 Å². The molecule has 0 spiro atoms. The molecule has 2 unspecified atom stereocenters. The molecule has 20 heavy (non-hydrogen) atoms. The summed E-state index contributed by atoms with van der Waals surface area (Å²) in [5.74, 6) is 0.215. The number of nitrogens with two attached hydrogens (primary N) is 2. The van der Waals surface area contributed by atoms with Crippen LogP contribution in [0, 0.1) is 16.0 Å². The Labute approximate surface area is 116 Å². The maximum atomic E-state index is 11.3. The molecule has 0 bridgehead atoms. The molecule has 1 aliphatic rings. The Morgan fingerprint density at radius 2 is 2.05 bits per heavy atom. The number of anilines is 1. The van der Waals surface area contributed by atoms with E-state index in [1.165, 1.54) is 12.1 Å². The van der Waals surface area contributed by atoms with E-state index in [1.807, 2.05) is 6.92 Å². The van der Waals surface area contributed by atoms with Crippen LogP contribution in [0.1, 0.15) is 6.92 Å². The average Bonchev–Trinajstić information content (AvgIpc) is 2.67. The molecule has 1 aromatic carbocycles. The van der Waals surface area contributed by atoms with E-state index in [2.05, 4.69) is 0 Å². The summed E-state index contributed by atoms with van der Waals surface area (Å²) in [6.07, 6.45) is 0. The minimum absolute atomic E-state index is 0.0625. The third-order valence-electron chi connectivity index (χ3n) is 3.48. The quantitative estimate of drug-likeness (QED) is 0.597. The van der Waals surface area contributed by atoms with Gasteiger partial charge in [-0.2, -0.15) is 0 Å². The fourth-order valence-corrected chi connectivity index (χ4v) is 2.82. The van der Waals surface area contributed by atoms with Gasteiger partial charge < -0.3 is 10.6 Å². The molecule has 0 saturated carbocycles. The van der Waals surface area contributed by atoms with Crippen molar-refractivity contribution in [2.75, 3.05) is 18.0 Å². The van der Waals surface area contributed by atoms with Crippen molar-refractivity contribution in [3.63, 3.8) is 0 Å². The number of nitrogens with zero attached hydrogens (tertiary/aromatic N) is 2. The van der Waals surface area contributed by atoms with Gasteiger partial charge in [0, 0.05) is 25.2 Å². The van der Waals surface area contributed by atoms with E-state index >= 15 is 0 Å². The summed E-state index contributed by atoms with van der Waals surface area (Å²) >= 11 is 0. The molecule has 1 aromatic rings. The fraction of sp³-hybridized carbons (Fsp3) is 0.455. The predicted octanol–water partition coefficient (Wildman–Crippen LogP) is 0.0256. The van der Waals surface area contributed by atoms with Crippen LogP contribution < -0.4 is 15.8 Å². The standard InChI is InChI=1S/C11H16N4O4S/c1-7-5-14(6-9(7)12)10-3-2-8(20(13,18)19)4-11(10)15(16)17/h2-4,7,9H,5-6,12H2,1H3,(H2,13,18,19). The van der Waals surface area contributed by atoms with Crippen LogP contribution in [0.25, 0.3) is 0 Å². The van der Waals surface area contributed by atoms with Gasteiger partial charge in [0.15, 0.2) is 0 Å². The van der Waals surface area contributed by atoms with Gasteiger partial charge in [0.2, 0.25) is 10.0 Å². The molecule has 1 saturated heterocycles. The van der Waals surface area contributed by atoms with Gasteiger partial charge in [-0.15, -0.1) is 0 Å². The Kier molecular flexibility index (Phi) is 3.67. The second kappa shape index (κ2) is 5.00. The van der Waals surface area contributed by atoms with Crippen molar-refractivity contribution in [1.82, 2.24) is 0 Å². The van der Waals surface area contributed by atoms with Crippen molar-refractivity contribution >= 4 is 21.4 Å². The van der Waals surface area contributed by atoms with Gasteiger partial charge in [-0.25, -0.2) is 13.6 Å². The molecule has 8 nitrogen and oxygen atoms in total. The van der Waals surface area contributed by atoms with Crippen molar-refractivity contribution in [3.8, 4) is 0 Å². The maximum Gasteiger partial charge on any atom is 0.293 e. The van der Waals surface area contributed by atoms with Gasteiger partial charge in [-0.3, -0.25) is 10.1 Å². The van der Waals surface area contributed by atoms with Crippen LogP contribution in [0.15, 0.2) is 23.1 Å². The normalized spacial score (nSPS) is 23.1. The van der Waals surface area contributed by atoms with Gasteiger partial charge in [-0.05, 0) is 18.1 Å². The van der Waals surface area contributed by atoms with E-state index in [0.717, 1.165) is 6.07 Å². The Morgan fingerprint density at radius 1 is 1.40 bits per heavy atom. The van der Waals surface area contributed by atoms with Gasteiger partial charge >= 0.3 is 0 Å². The molecule has 2 rings (SSSR count). The highest BCUT2D eigenvalue weighted by molar-refractivity contribution is 7.89. The lowest BCUT2D eigenvalue weighted by molar-refractivity contribution is -0.384. The predicted molar refractivity (Wildman–Crippen MR) is 73.8 cm³/mol. The van der Waals surface area contributed by atoms with Crippen molar-refractivity contribution in [3.05, 3.63) is 28.3 Å². The first-order valence-electron chi connectivity index (χ1n) is 6.02. The van der Waals surface area contributed by atoms with Crippen LogP contribution in [0.3, 0.4) is 0 Å². The first-order valence-corrected chi connectivity index (χ1v) is 7.56. The number of primary sulfonamides is 1. The van der Waals surface area contributed by atoms with Crippen LogP contribution >= 0.6 is 0 Å². The largest absolute Gasteiger partial charge is 0.364 e. The van der Waals surface area contributed by atoms with E-state index in [4.69, 9.17) is 10.9 Å². The summed E-state index contributed by atoms with van der Waals surface area (Å²) in [5.41, 5.74) is 5.99. The minimum atomic E-state index is -3.97. The van der Waals surface area contributed by atoms with E-state index in [-0.39, 0.29) is 22.5 Å². The highest BCUT2D eigenvalue weighted by atomic mass is 32.2. The zero-order valence-electron chi connectivity index (χ0n) is 10.9. The molecule has 1 aliphatic heterocycles. The SMILES string of the molecule is CC1CN(c2ccc(S(N)(=O)=O)cc2[N+](=O)[O-])CC1N.